The Hall–Kier alpha value is -5.21. The van der Waals surface area contributed by atoms with Crippen LogP contribution in [0.2, 0.25) is 0 Å². The number of carbonyl (C=O) groups excluding carboxylic acids is 2. The van der Waals surface area contributed by atoms with Gasteiger partial charge in [0.1, 0.15) is 0 Å². The van der Waals surface area contributed by atoms with Gasteiger partial charge in [-0.2, -0.15) is 0 Å². The lowest BCUT2D eigenvalue weighted by Crippen LogP contribution is -2.32. The first-order valence-corrected chi connectivity index (χ1v) is 15.7. The van der Waals surface area contributed by atoms with Crippen LogP contribution < -0.4 is 14.9 Å². The summed E-state index contributed by atoms with van der Waals surface area (Å²) in [5.74, 6) is -0.896. The molecule has 2 amide bonds. The van der Waals surface area contributed by atoms with Gasteiger partial charge in [-0.05, 0) is 61.4 Å². The van der Waals surface area contributed by atoms with Gasteiger partial charge in [-0.3, -0.25) is 13.9 Å². The Morgan fingerprint density at radius 1 is 0.682 bits per heavy atom. The van der Waals surface area contributed by atoms with E-state index in [9.17, 15) is 18.0 Å². The van der Waals surface area contributed by atoms with E-state index in [1.54, 1.807) is 72.8 Å². The quantitative estimate of drug-likeness (QED) is 0.178. The number of aryl methyl sites for hydroxylation is 1. The van der Waals surface area contributed by atoms with Gasteiger partial charge in [-0.25, -0.2) is 8.42 Å². The fourth-order valence-electron chi connectivity index (χ4n) is 4.85. The molecule has 222 valence electrons. The van der Waals surface area contributed by atoms with E-state index in [4.69, 9.17) is 0 Å². The SMILES string of the molecule is Cc1ccc(S(=O)(=O)N(Cc2ccccc2)c2ccccc2C(=O)Nc2ccccc2C(=O)N[C@@H](C)c2ccccc2)cc1. The van der Waals surface area contributed by atoms with Gasteiger partial charge in [-0.1, -0.05) is 103 Å². The molecular weight excluding hydrogens is 570 g/mol. The molecule has 0 radical (unpaired) electrons. The molecule has 0 aliphatic carbocycles. The third-order valence-electron chi connectivity index (χ3n) is 7.26. The molecule has 0 spiro atoms. The minimum atomic E-state index is -4.07. The van der Waals surface area contributed by atoms with Crippen LogP contribution in [-0.4, -0.2) is 20.2 Å². The Balaban J connectivity index is 1.48. The topological polar surface area (TPSA) is 95.6 Å². The molecule has 1 atom stereocenters. The van der Waals surface area contributed by atoms with Gasteiger partial charge in [0.15, 0.2) is 0 Å². The van der Waals surface area contributed by atoms with Gasteiger partial charge in [0.05, 0.1) is 40.0 Å². The van der Waals surface area contributed by atoms with Crippen molar-refractivity contribution in [1.29, 1.82) is 0 Å². The van der Waals surface area contributed by atoms with Crippen molar-refractivity contribution in [3.05, 3.63) is 161 Å². The van der Waals surface area contributed by atoms with Crippen LogP contribution in [0, 0.1) is 6.92 Å². The Morgan fingerprint density at radius 3 is 1.93 bits per heavy atom. The van der Waals surface area contributed by atoms with Gasteiger partial charge in [0, 0.05) is 0 Å². The molecule has 5 rings (SSSR count). The number of sulfonamides is 1. The maximum atomic E-state index is 14.1. The number of benzene rings is 5. The molecule has 0 aliphatic heterocycles. The number of hydrogen-bond acceptors (Lipinski definition) is 4. The number of nitrogens with zero attached hydrogens (tertiary/aromatic N) is 1. The summed E-state index contributed by atoms with van der Waals surface area (Å²) >= 11 is 0. The second kappa shape index (κ2) is 13.4. The lowest BCUT2D eigenvalue weighted by molar-refractivity contribution is 0.0940. The first kappa shape index (κ1) is 30.3. The van der Waals surface area contributed by atoms with Crippen molar-refractivity contribution in [1.82, 2.24) is 5.32 Å². The molecule has 2 N–H and O–H groups in total. The second-order valence-corrected chi connectivity index (χ2v) is 12.3. The zero-order valence-electron chi connectivity index (χ0n) is 24.5. The van der Waals surface area contributed by atoms with E-state index < -0.39 is 15.9 Å². The lowest BCUT2D eigenvalue weighted by Gasteiger charge is -2.27. The molecule has 8 heteroatoms. The van der Waals surface area contributed by atoms with Crippen molar-refractivity contribution >= 4 is 33.2 Å². The molecule has 0 aliphatic rings. The molecule has 7 nitrogen and oxygen atoms in total. The average molecular weight is 604 g/mol. The molecular formula is C36H33N3O4S. The summed E-state index contributed by atoms with van der Waals surface area (Å²) in [5, 5.41) is 5.84. The van der Waals surface area contributed by atoms with Gasteiger partial charge in [0.25, 0.3) is 21.8 Å². The standard InChI is InChI=1S/C36H33N3O4S/c1-26-21-23-30(24-22-26)44(42,43)39(25-28-13-5-3-6-14-28)34-20-12-10-18-32(34)36(41)38-33-19-11-9-17-31(33)35(40)37-27(2)29-15-7-4-8-16-29/h3-24,27H,25H2,1-2H3,(H,37,40)(H,38,41)/t27-/m0/s1. The summed E-state index contributed by atoms with van der Waals surface area (Å²) in [6.45, 7) is 3.79. The molecule has 5 aromatic carbocycles. The summed E-state index contributed by atoms with van der Waals surface area (Å²) in [4.78, 5) is 27.3. The van der Waals surface area contributed by atoms with Crippen LogP contribution >= 0.6 is 0 Å². The smallest absolute Gasteiger partial charge is 0.264 e. The van der Waals surface area contributed by atoms with Crippen LogP contribution in [-0.2, 0) is 16.6 Å². The molecule has 0 bridgehead atoms. The number of anilines is 2. The van der Waals surface area contributed by atoms with Crippen LogP contribution in [0.15, 0.2) is 138 Å². The first-order valence-electron chi connectivity index (χ1n) is 14.2. The van der Waals surface area contributed by atoms with E-state index in [-0.39, 0.29) is 40.2 Å². The monoisotopic (exact) mass is 603 g/mol. The summed E-state index contributed by atoms with van der Waals surface area (Å²) in [5.41, 5.74) is 3.59. The second-order valence-electron chi connectivity index (χ2n) is 10.4. The van der Waals surface area contributed by atoms with E-state index in [0.717, 1.165) is 16.7 Å². The maximum Gasteiger partial charge on any atom is 0.264 e. The lowest BCUT2D eigenvalue weighted by atomic mass is 10.1. The Morgan fingerprint density at radius 2 is 1.25 bits per heavy atom. The summed E-state index contributed by atoms with van der Waals surface area (Å²) < 4.78 is 29.4. The normalized spacial score (nSPS) is 11.8. The third kappa shape index (κ3) is 6.88. The Kier molecular flexibility index (Phi) is 9.21. The summed E-state index contributed by atoms with van der Waals surface area (Å²) in [7, 11) is -4.07. The fourth-order valence-corrected chi connectivity index (χ4v) is 6.32. The van der Waals surface area contributed by atoms with E-state index in [1.807, 2.05) is 74.5 Å². The summed E-state index contributed by atoms with van der Waals surface area (Å²) in [6, 6.07) is 38.5. The van der Waals surface area contributed by atoms with Gasteiger partial charge < -0.3 is 10.6 Å². The van der Waals surface area contributed by atoms with Gasteiger partial charge >= 0.3 is 0 Å². The van der Waals surface area contributed by atoms with Crippen molar-refractivity contribution in [2.24, 2.45) is 0 Å². The predicted molar refractivity (Wildman–Crippen MR) is 174 cm³/mol. The van der Waals surface area contributed by atoms with E-state index >= 15 is 0 Å². The van der Waals surface area contributed by atoms with Crippen molar-refractivity contribution in [3.8, 4) is 0 Å². The molecule has 0 unspecified atom stereocenters. The average Bonchev–Trinajstić information content (AvgIpc) is 3.05. The van der Waals surface area contributed by atoms with Crippen LogP contribution in [0.3, 0.4) is 0 Å². The predicted octanol–water partition coefficient (Wildman–Crippen LogP) is 7.13. The van der Waals surface area contributed by atoms with E-state index in [1.165, 1.54) is 4.31 Å². The zero-order valence-corrected chi connectivity index (χ0v) is 25.3. The van der Waals surface area contributed by atoms with E-state index in [0.29, 0.717) is 5.69 Å². The highest BCUT2D eigenvalue weighted by Gasteiger charge is 2.29. The Bertz CT molecular complexity index is 1860. The maximum absolute atomic E-state index is 14.1. The van der Waals surface area contributed by atoms with Gasteiger partial charge in [-0.15, -0.1) is 0 Å². The number of amides is 2. The van der Waals surface area contributed by atoms with Crippen LogP contribution in [0.1, 0.15) is 50.4 Å². The van der Waals surface area contributed by atoms with E-state index in [2.05, 4.69) is 10.6 Å². The van der Waals surface area contributed by atoms with Crippen LogP contribution in [0.25, 0.3) is 0 Å². The highest BCUT2D eigenvalue weighted by Crippen LogP contribution is 2.30. The number of rotatable bonds is 10. The third-order valence-corrected chi connectivity index (χ3v) is 9.04. The minimum absolute atomic E-state index is 0.0116. The van der Waals surface area contributed by atoms with Crippen LogP contribution in [0.4, 0.5) is 11.4 Å². The molecule has 0 saturated carbocycles. The molecule has 0 aromatic heterocycles. The molecule has 44 heavy (non-hydrogen) atoms. The number of para-hydroxylation sites is 2. The van der Waals surface area contributed by atoms with Crippen molar-refractivity contribution in [2.45, 2.75) is 31.3 Å². The molecule has 0 fully saturated rings. The van der Waals surface area contributed by atoms with Gasteiger partial charge in [0.2, 0.25) is 0 Å². The molecule has 0 saturated heterocycles. The van der Waals surface area contributed by atoms with Crippen molar-refractivity contribution in [2.75, 3.05) is 9.62 Å². The summed E-state index contributed by atoms with van der Waals surface area (Å²) in [6.07, 6.45) is 0. The molecule has 0 heterocycles. The van der Waals surface area contributed by atoms with Crippen molar-refractivity contribution in [3.63, 3.8) is 0 Å². The fraction of sp³-hybridized carbons (Fsp3) is 0.111. The largest absolute Gasteiger partial charge is 0.345 e. The number of carbonyl (C=O) groups is 2. The zero-order chi connectivity index (χ0) is 31.1. The number of nitrogens with one attached hydrogen (secondary N) is 2. The minimum Gasteiger partial charge on any atom is -0.345 e. The Labute approximate surface area is 258 Å². The molecule has 5 aromatic rings. The highest BCUT2D eigenvalue weighted by molar-refractivity contribution is 7.92. The first-order chi connectivity index (χ1) is 21.2. The van der Waals surface area contributed by atoms with Crippen molar-refractivity contribution < 1.29 is 18.0 Å². The highest BCUT2D eigenvalue weighted by atomic mass is 32.2. The number of hydrogen-bond donors (Lipinski definition) is 2. The van der Waals surface area contributed by atoms with Crippen LogP contribution in [0.5, 0.6) is 0 Å².